The number of aliphatic hydroxyl groups excluding tert-OH is 1. The molecule has 504 valence electrons. The summed E-state index contributed by atoms with van der Waals surface area (Å²) in [6, 6.07) is 0. The molecule has 0 aliphatic heterocycles. The van der Waals surface area contributed by atoms with Gasteiger partial charge in [-0.3, -0.25) is 37.3 Å². The van der Waals surface area contributed by atoms with Crippen molar-refractivity contribution in [1.29, 1.82) is 0 Å². The number of rotatable bonds is 63. The zero-order chi connectivity index (χ0) is 63.2. The fourth-order valence-electron chi connectivity index (χ4n) is 9.78. The lowest BCUT2D eigenvalue weighted by atomic mass is 10.0. The molecule has 0 spiro atoms. The van der Waals surface area contributed by atoms with E-state index in [1.807, 2.05) is 0 Å². The number of hydrogen-bond donors (Lipinski definition) is 3. The largest absolute Gasteiger partial charge is 0.472 e. The molecule has 2 unspecified atom stereocenters. The van der Waals surface area contributed by atoms with Crippen LogP contribution in [0.15, 0.2) is 0 Å². The molecule has 0 heterocycles. The third-order valence-electron chi connectivity index (χ3n) is 15.1. The zero-order valence-electron chi connectivity index (χ0n) is 55.2. The van der Waals surface area contributed by atoms with Crippen molar-refractivity contribution in [2.75, 3.05) is 39.6 Å². The minimum Gasteiger partial charge on any atom is -0.462 e. The van der Waals surface area contributed by atoms with Gasteiger partial charge >= 0.3 is 39.5 Å². The van der Waals surface area contributed by atoms with Crippen LogP contribution in [0.2, 0.25) is 0 Å². The van der Waals surface area contributed by atoms with Gasteiger partial charge in [-0.25, -0.2) is 9.13 Å². The molecule has 0 aromatic rings. The van der Waals surface area contributed by atoms with Gasteiger partial charge in [0.2, 0.25) is 0 Å². The van der Waals surface area contributed by atoms with Gasteiger partial charge in [0.05, 0.1) is 26.4 Å². The highest BCUT2D eigenvalue weighted by Crippen LogP contribution is 2.45. The summed E-state index contributed by atoms with van der Waals surface area (Å²) >= 11 is 0. The summed E-state index contributed by atoms with van der Waals surface area (Å²) in [5.74, 6) is 0.721. The zero-order valence-corrected chi connectivity index (χ0v) is 57.0. The molecule has 3 N–H and O–H groups in total. The lowest BCUT2D eigenvalue weighted by Gasteiger charge is -2.21. The SMILES string of the molecule is CC(C)CCCCCCCCCCCCCCCC(=O)OC[C@H](COP(=O)(O)OC[C@@H](O)COP(=O)(O)OC[C@@H](COC(=O)CCCCCCCCC(C)C)OC(=O)CCCCCCCCCC(C)C)OC(=O)CCCCCCCCCC(C)C. The Morgan fingerprint density at radius 2 is 0.494 bits per heavy atom. The molecule has 5 atom stereocenters. The normalized spacial score (nSPS) is 14.4. The first-order chi connectivity index (χ1) is 40.6. The van der Waals surface area contributed by atoms with Crippen molar-refractivity contribution in [2.24, 2.45) is 23.7 Å². The molecule has 0 saturated heterocycles. The van der Waals surface area contributed by atoms with Crippen molar-refractivity contribution >= 4 is 39.5 Å². The standard InChI is InChI=1S/C66H128O17P2/c1-56(2)42-34-26-18-14-12-10-9-11-13-15-21-30-38-46-63(68)76-52-61(82-65(70)48-40-32-22-16-19-27-35-43-57(3)4)54-80-84(72,73)78-50-60(67)51-79-85(74,75)81-55-62(53-77-64(69)47-39-31-25-24-29-37-45-59(7)8)83-66(71)49-41-33-23-17-20-28-36-44-58(5)6/h56-62,67H,9-55H2,1-8H3,(H,72,73)(H,74,75)/t60-,61-,62-/m1/s1. The van der Waals surface area contributed by atoms with Crippen LogP contribution in [-0.2, 0) is 65.4 Å². The molecule has 19 heteroatoms. The lowest BCUT2D eigenvalue weighted by Crippen LogP contribution is -2.30. The van der Waals surface area contributed by atoms with E-state index in [-0.39, 0.29) is 25.7 Å². The maximum atomic E-state index is 13.0. The maximum absolute atomic E-state index is 13.0. The second kappa shape index (κ2) is 56.1. The van der Waals surface area contributed by atoms with E-state index in [1.54, 1.807) is 0 Å². The number of phosphoric ester groups is 2. The van der Waals surface area contributed by atoms with Crippen LogP contribution in [0.4, 0.5) is 0 Å². The van der Waals surface area contributed by atoms with Crippen LogP contribution < -0.4 is 0 Å². The minimum absolute atomic E-state index is 0.102. The Balaban J connectivity index is 5.20. The monoisotopic (exact) mass is 1250 g/mol. The van der Waals surface area contributed by atoms with Crippen molar-refractivity contribution in [2.45, 2.75) is 337 Å². The number of unbranched alkanes of at least 4 members (excludes halogenated alkanes) is 29. The van der Waals surface area contributed by atoms with E-state index in [0.29, 0.717) is 43.4 Å². The molecule has 0 rings (SSSR count). The van der Waals surface area contributed by atoms with Crippen molar-refractivity contribution < 1.29 is 80.2 Å². The molecule has 17 nitrogen and oxygen atoms in total. The van der Waals surface area contributed by atoms with E-state index in [1.165, 1.54) is 116 Å². The molecule has 0 fully saturated rings. The molecule has 0 saturated carbocycles. The Morgan fingerprint density at radius 3 is 0.729 bits per heavy atom. The average Bonchev–Trinajstić information content (AvgIpc) is 3.46. The third-order valence-corrected chi connectivity index (χ3v) is 17.0. The molecule has 0 aromatic carbocycles. The summed E-state index contributed by atoms with van der Waals surface area (Å²) in [5.41, 5.74) is 0. The predicted molar refractivity (Wildman–Crippen MR) is 340 cm³/mol. The number of hydrogen-bond acceptors (Lipinski definition) is 15. The molecule has 0 aliphatic rings. The first-order valence-electron chi connectivity index (χ1n) is 34.2. The number of ether oxygens (including phenoxy) is 4. The second-order valence-electron chi connectivity index (χ2n) is 25.8. The number of carbonyl (C=O) groups is 4. The highest BCUT2D eigenvalue weighted by Gasteiger charge is 2.30. The molecule has 0 aliphatic carbocycles. The Morgan fingerprint density at radius 1 is 0.294 bits per heavy atom. The van der Waals surface area contributed by atoms with Gasteiger partial charge in [-0.2, -0.15) is 0 Å². The second-order valence-corrected chi connectivity index (χ2v) is 28.7. The van der Waals surface area contributed by atoms with Crippen molar-refractivity contribution in [3.05, 3.63) is 0 Å². The van der Waals surface area contributed by atoms with E-state index in [0.717, 1.165) is 102 Å². The fraction of sp³-hybridized carbons (Fsp3) is 0.939. The predicted octanol–water partition coefficient (Wildman–Crippen LogP) is 18.1. The van der Waals surface area contributed by atoms with Gasteiger partial charge in [0.25, 0.3) is 0 Å². The van der Waals surface area contributed by atoms with Crippen LogP contribution in [0.25, 0.3) is 0 Å². The highest BCUT2D eigenvalue weighted by molar-refractivity contribution is 7.47. The van der Waals surface area contributed by atoms with Gasteiger partial charge in [0.1, 0.15) is 19.3 Å². The van der Waals surface area contributed by atoms with E-state index in [2.05, 4.69) is 55.4 Å². The van der Waals surface area contributed by atoms with Crippen LogP contribution in [0.5, 0.6) is 0 Å². The van der Waals surface area contributed by atoms with E-state index >= 15 is 0 Å². The van der Waals surface area contributed by atoms with Crippen molar-refractivity contribution in [3.8, 4) is 0 Å². The average molecular weight is 1260 g/mol. The van der Waals surface area contributed by atoms with Crippen LogP contribution in [0.3, 0.4) is 0 Å². The summed E-state index contributed by atoms with van der Waals surface area (Å²) < 4.78 is 68.0. The lowest BCUT2D eigenvalue weighted by molar-refractivity contribution is -0.161. The summed E-state index contributed by atoms with van der Waals surface area (Å²) in [7, 11) is -9.89. The first kappa shape index (κ1) is 83.1. The van der Waals surface area contributed by atoms with Crippen molar-refractivity contribution in [3.63, 3.8) is 0 Å². The van der Waals surface area contributed by atoms with Gasteiger partial charge in [0.15, 0.2) is 12.2 Å². The van der Waals surface area contributed by atoms with Crippen LogP contribution in [0, 0.1) is 23.7 Å². The first-order valence-corrected chi connectivity index (χ1v) is 37.2. The fourth-order valence-corrected chi connectivity index (χ4v) is 11.4. The summed E-state index contributed by atoms with van der Waals surface area (Å²) in [6.45, 7) is 13.9. The molecule has 0 aromatic heterocycles. The summed E-state index contributed by atoms with van der Waals surface area (Å²) in [6.07, 6.45) is 36.6. The molecule has 0 bridgehead atoms. The van der Waals surface area contributed by atoms with Gasteiger partial charge in [-0.1, -0.05) is 267 Å². The maximum Gasteiger partial charge on any atom is 0.472 e. The summed E-state index contributed by atoms with van der Waals surface area (Å²) in [5, 5.41) is 10.5. The van der Waals surface area contributed by atoms with E-state index < -0.39 is 97.5 Å². The van der Waals surface area contributed by atoms with Crippen LogP contribution >= 0.6 is 15.6 Å². The quantitative estimate of drug-likeness (QED) is 0.0222. The Kier molecular flexibility index (Phi) is 54.8. The molecular formula is C66H128O17P2. The number of phosphoric acid groups is 2. The van der Waals surface area contributed by atoms with Gasteiger partial charge < -0.3 is 33.8 Å². The number of esters is 4. The minimum atomic E-state index is -4.95. The van der Waals surface area contributed by atoms with Crippen LogP contribution in [0.1, 0.15) is 319 Å². The third kappa shape index (κ3) is 60.7. The summed E-state index contributed by atoms with van der Waals surface area (Å²) in [4.78, 5) is 72.2. The Bertz CT molecular complexity index is 1700. The molecule has 85 heavy (non-hydrogen) atoms. The van der Waals surface area contributed by atoms with E-state index in [9.17, 15) is 43.2 Å². The van der Waals surface area contributed by atoms with E-state index in [4.69, 9.17) is 37.0 Å². The molecule has 0 radical (unpaired) electrons. The molecular weight excluding hydrogens is 1130 g/mol. The van der Waals surface area contributed by atoms with Gasteiger partial charge in [-0.05, 0) is 49.4 Å². The van der Waals surface area contributed by atoms with Gasteiger partial charge in [-0.15, -0.1) is 0 Å². The number of aliphatic hydroxyl groups is 1. The van der Waals surface area contributed by atoms with Gasteiger partial charge in [0, 0.05) is 25.7 Å². The topological polar surface area (TPSA) is 237 Å². The highest BCUT2D eigenvalue weighted by atomic mass is 31.2. The Hall–Kier alpha value is -1.94. The Labute approximate surface area is 517 Å². The van der Waals surface area contributed by atoms with Crippen molar-refractivity contribution in [1.82, 2.24) is 0 Å². The number of carbonyl (C=O) groups excluding carboxylic acids is 4. The smallest absolute Gasteiger partial charge is 0.462 e. The van der Waals surface area contributed by atoms with Crippen LogP contribution in [-0.4, -0.2) is 96.7 Å². The molecule has 0 amide bonds.